The summed E-state index contributed by atoms with van der Waals surface area (Å²) in [7, 11) is 3.27. The van der Waals surface area contributed by atoms with Crippen molar-refractivity contribution >= 4 is 15.9 Å². The second-order valence-corrected chi connectivity index (χ2v) is 4.89. The molecule has 0 spiro atoms. The van der Waals surface area contributed by atoms with Gasteiger partial charge < -0.3 is 9.47 Å². The third-order valence-electron chi connectivity index (χ3n) is 2.21. The molecule has 1 unspecified atom stereocenters. The monoisotopic (exact) mass is 258 g/mol. The van der Waals surface area contributed by atoms with Crippen LogP contribution in [0.25, 0.3) is 0 Å². The van der Waals surface area contributed by atoms with E-state index >= 15 is 0 Å². The molecule has 0 N–H and O–H groups in total. The molecule has 0 saturated carbocycles. The van der Waals surface area contributed by atoms with Gasteiger partial charge in [-0.3, -0.25) is 0 Å². The molecule has 1 rings (SSSR count). The van der Waals surface area contributed by atoms with Crippen LogP contribution in [-0.4, -0.2) is 20.5 Å². The third-order valence-corrected chi connectivity index (χ3v) is 3.04. The molecule has 0 saturated heterocycles. The first-order chi connectivity index (χ1) is 6.62. The normalized spacial score (nSPS) is 15.5. The predicted molar refractivity (Wildman–Crippen MR) is 60.5 cm³/mol. The Labute approximate surface area is 93.4 Å². The van der Waals surface area contributed by atoms with Crippen molar-refractivity contribution in [2.45, 2.75) is 17.5 Å². The summed E-state index contributed by atoms with van der Waals surface area (Å²) in [6, 6.07) is 10.1. The molecule has 0 bridgehead atoms. The predicted octanol–water partition coefficient (Wildman–Crippen LogP) is 2.92. The van der Waals surface area contributed by atoms with E-state index in [1.807, 2.05) is 37.3 Å². The highest BCUT2D eigenvalue weighted by molar-refractivity contribution is 9.09. The van der Waals surface area contributed by atoms with E-state index in [1.54, 1.807) is 14.2 Å². The molecule has 78 valence electrons. The fraction of sp³-hybridized carbons (Fsp3) is 0.455. The smallest absolute Gasteiger partial charge is 0.175 e. The second kappa shape index (κ2) is 4.91. The minimum Gasteiger partial charge on any atom is -0.354 e. The number of benzene rings is 1. The average molecular weight is 259 g/mol. The maximum absolute atomic E-state index is 5.25. The van der Waals surface area contributed by atoms with Crippen molar-refractivity contribution < 1.29 is 9.47 Å². The Morgan fingerprint density at radius 2 is 1.64 bits per heavy atom. The highest BCUT2D eigenvalue weighted by Crippen LogP contribution is 2.35. The quantitative estimate of drug-likeness (QED) is 0.611. The van der Waals surface area contributed by atoms with Gasteiger partial charge in [0.2, 0.25) is 0 Å². The minimum atomic E-state index is -0.322. The van der Waals surface area contributed by atoms with Gasteiger partial charge in [0.05, 0.1) is 4.32 Å². The first-order valence-corrected chi connectivity index (χ1v) is 5.22. The molecule has 3 heteroatoms. The van der Waals surface area contributed by atoms with Crippen LogP contribution < -0.4 is 0 Å². The summed E-state index contributed by atoms with van der Waals surface area (Å²) < 4.78 is 10.2. The molecule has 0 amide bonds. The molecule has 1 aromatic carbocycles. The Hall–Kier alpha value is -0.380. The summed E-state index contributed by atoms with van der Waals surface area (Å²) in [5.41, 5.74) is 1.13. The summed E-state index contributed by atoms with van der Waals surface area (Å²) in [6.45, 7) is 2.03. The zero-order valence-corrected chi connectivity index (χ0v) is 10.2. The van der Waals surface area contributed by atoms with Crippen molar-refractivity contribution in [1.29, 1.82) is 0 Å². The van der Waals surface area contributed by atoms with Crippen molar-refractivity contribution in [2.75, 3.05) is 14.2 Å². The van der Waals surface area contributed by atoms with Crippen LogP contribution in [0.3, 0.4) is 0 Å². The fourth-order valence-corrected chi connectivity index (χ4v) is 2.08. The Morgan fingerprint density at radius 3 is 2.07 bits per heavy atom. The van der Waals surface area contributed by atoms with Crippen LogP contribution in [-0.2, 0) is 13.8 Å². The number of halogens is 1. The van der Waals surface area contributed by atoms with Gasteiger partial charge in [-0.15, -0.1) is 0 Å². The zero-order chi connectivity index (χ0) is 10.6. The van der Waals surface area contributed by atoms with Crippen LogP contribution in [0.4, 0.5) is 0 Å². The van der Waals surface area contributed by atoms with E-state index in [0.29, 0.717) is 0 Å². The molecule has 1 aromatic rings. The maximum Gasteiger partial charge on any atom is 0.175 e. The maximum atomic E-state index is 5.25. The number of rotatable bonds is 4. The van der Waals surface area contributed by atoms with Crippen LogP contribution in [0.15, 0.2) is 30.3 Å². The number of ether oxygens (including phenoxy) is 2. The molecular weight excluding hydrogens is 244 g/mol. The third kappa shape index (κ3) is 2.35. The molecule has 14 heavy (non-hydrogen) atoms. The lowest BCUT2D eigenvalue weighted by atomic mass is 10.0. The van der Waals surface area contributed by atoms with Crippen molar-refractivity contribution in [1.82, 2.24) is 0 Å². The fourth-order valence-electron chi connectivity index (χ4n) is 1.44. The summed E-state index contributed by atoms with van der Waals surface area (Å²) in [4.78, 5) is 0. The van der Waals surface area contributed by atoms with Crippen molar-refractivity contribution in [3.63, 3.8) is 0 Å². The summed E-state index contributed by atoms with van der Waals surface area (Å²) >= 11 is 3.63. The average Bonchev–Trinajstić information content (AvgIpc) is 2.20. The highest BCUT2D eigenvalue weighted by Gasteiger charge is 2.33. The molecule has 0 fully saturated rings. The van der Waals surface area contributed by atoms with E-state index in [0.717, 1.165) is 5.56 Å². The molecule has 0 aliphatic carbocycles. The van der Waals surface area contributed by atoms with Gasteiger partial charge in [0.15, 0.2) is 6.29 Å². The van der Waals surface area contributed by atoms with E-state index in [1.165, 1.54) is 0 Å². The zero-order valence-electron chi connectivity index (χ0n) is 8.66. The largest absolute Gasteiger partial charge is 0.354 e. The Balaban J connectivity index is 2.94. The summed E-state index contributed by atoms with van der Waals surface area (Å²) in [6.07, 6.45) is -0.301. The lowest BCUT2D eigenvalue weighted by Gasteiger charge is -2.30. The highest BCUT2D eigenvalue weighted by atomic mass is 79.9. The molecule has 0 radical (unpaired) electrons. The lowest BCUT2D eigenvalue weighted by molar-refractivity contribution is -0.122. The van der Waals surface area contributed by atoms with E-state index in [9.17, 15) is 0 Å². The van der Waals surface area contributed by atoms with Gasteiger partial charge in [-0.1, -0.05) is 46.3 Å². The first kappa shape index (κ1) is 11.7. The number of alkyl halides is 1. The van der Waals surface area contributed by atoms with Crippen molar-refractivity contribution in [2.24, 2.45) is 0 Å². The molecule has 0 aromatic heterocycles. The summed E-state index contributed by atoms with van der Waals surface area (Å²) in [5, 5.41) is 0. The summed E-state index contributed by atoms with van der Waals surface area (Å²) in [5.74, 6) is 0. The van der Waals surface area contributed by atoms with Crippen LogP contribution in [0, 0.1) is 0 Å². The number of hydrogen-bond acceptors (Lipinski definition) is 2. The molecule has 1 atom stereocenters. The van der Waals surface area contributed by atoms with E-state index in [2.05, 4.69) is 15.9 Å². The first-order valence-electron chi connectivity index (χ1n) is 4.43. The molecule has 2 nitrogen and oxygen atoms in total. The molecule has 0 aliphatic rings. The minimum absolute atomic E-state index is 0.301. The van der Waals surface area contributed by atoms with Crippen LogP contribution in [0.1, 0.15) is 12.5 Å². The van der Waals surface area contributed by atoms with E-state index in [-0.39, 0.29) is 10.6 Å². The van der Waals surface area contributed by atoms with E-state index in [4.69, 9.17) is 9.47 Å². The Bertz CT molecular complexity index is 268. The van der Waals surface area contributed by atoms with Crippen LogP contribution in [0.5, 0.6) is 0 Å². The van der Waals surface area contributed by atoms with Gasteiger partial charge in [0.25, 0.3) is 0 Å². The second-order valence-electron chi connectivity index (χ2n) is 3.24. The number of hydrogen-bond donors (Lipinski definition) is 0. The molecular formula is C11H15BrO2. The topological polar surface area (TPSA) is 18.5 Å². The van der Waals surface area contributed by atoms with Crippen LogP contribution in [0.2, 0.25) is 0 Å². The number of methoxy groups -OCH3 is 2. The van der Waals surface area contributed by atoms with Crippen LogP contribution >= 0.6 is 15.9 Å². The van der Waals surface area contributed by atoms with Gasteiger partial charge in [-0.25, -0.2) is 0 Å². The Morgan fingerprint density at radius 1 is 1.14 bits per heavy atom. The van der Waals surface area contributed by atoms with Gasteiger partial charge >= 0.3 is 0 Å². The molecule has 0 heterocycles. The van der Waals surface area contributed by atoms with Gasteiger partial charge in [0, 0.05) is 14.2 Å². The van der Waals surface area contributed by atoms with Gasteiger partial charge in [0.1, 0.15) is 0 Å². The SMILES string of the molecule is COC(OC)C(C)(Br)c1ccccc1. The van der Waals surface area contributed by atoms with Crippen molar-refractivity contribution in [3.05, 3.63) is 35.9 Å². The molecule has 0 aliphatic heterocycles. The van der Waals surface area contributed by atoms with Gasteiger partial charge in [-0.2, -0.15) is 0 Å². The lowest BCUT2D eigenvalue weighted by Crippen LogP contribution is -2.33. The standard InChI is InChI=1S/C11H15BrO2/c1-11(12,10(13-2)14-3)9-7-5-4-6-8-9/h4-8,10H,1-3H3. The van der Waals surface area contributed by atoms with Gasteiger partial charge in [-0.05, 0) is 12.5 Å². The Kier molecular flexibility index (Phi) is 4.11. The van der Waals surface area contributed by atoms with E-state index < -0.39 is 0 Å². The van der Waals surface area contributed by atoms with Crippen molar-refractivity contribution in [3.8, 4) is 0 Å².